The number of halogens is 9. The molecular weight excluding hydrogens is 413 g/mol. The van der Waals surface area contributed by atoms with Crippen LogP contribution in [0.25, 0.3) is 0 Å². The number of carbonyl (C=O) groups excluding carboxylic acids is 1. The predicted molar refractivity (Wildman–Crippen MR) is 68.2 cm³/mol. The number of alkyl halides is 9. The molecule has 0 aromatic carbocycles. The van der Waals surface area contributed by atoms with Crippen LogP contribution in [0.4, 0.5) is 39.5 Å². The van der Waals surface area contributed by atoms with E-state index in [0.29, 0.717) is 6.08 Å². The summed E-state index contributed by atoms with van der Waals surface area (Å²) in [5.74, 6) is -15.8. The molecule has 0 fully saturated rings. The van der Waals surface area contributed by atoms with Crippen LogP contribution < -0.4 is 0 Å². The molecule has 0 aliphatic rings. The van der Waals surface area contributed by atoms with Crippen LogP contribution in [0.1, 0.15) is 6.92 Å². The summed E-state index contributed by atoms with van der Waals surface area (Å²) in [6, 6.07) is 0. The molecule has 0 saturated carbocycles. The first-order valence-electron chi connectivity index (χ1n) is 6.40. The molecule has 0 bridgehead atoms. The highest BCUT2D eigenvalue weighted by molar-refractivity contribution is 7.90. The number of hydrogen-bond acceptors (Lipinski definition) is 4. The Kier molecular flexibility index (Phi) is 7.18. The SMILES string of the molecule is C=CC(=O)OCCN(CC)S(=O)(=O)C(F)(F)C(F)(F)C(F)(F)C(F)(F)F. The van der Waals surface area contributed by atoms with E-state index in [9.17, 15) is 52.7 Å². The lowest BCUT2D eigenvalue weighted by atomic mass is 10.1. The van der Waals surface area contributed by atoms with E-state index in [1.54, 1.807) is 0 Å². The molecule has 0 spiro atoms. The van der Waals surface area contributed by atoms with Crippen molar-refractivity contribution in [3.8, 4) is 0 Å². The molecular formula is C11H12F9NO4S. The number of rotatable bonds is 9. The Hall–Kier alpha value is -1.51. The summed E-state index contributed by atoms with van der Waals surface area (Å²) >= 11 is 0. The number of esters is 1. The fraction of sp³-hybridized carbons (Fsp3) is 0.727. The van der Waals surface area contributed by atoms with Crippen LogP contribution in [-0.2, 0) is 19.6 Å². The van der Waals surface area contributed by atoms with Crippen molar-refractivity contribution >= 4 is 16.0 Å². The number of hydrogen-bond donors (Lipinski definition) is 0. The predicted octanol–water partition coefficient (Wildman–Crippen LogP) is 2.79. The van der Waals surface area contributed by atoms with Crippen molar-refractivity contribution in [2.45, 2.75) is 30.2 Å². The summed E-state index contributed by atoms with van der Waals surface area (Å²) in [6.07, 6.45) is -6.57. The fourth-order valence-corrected chi connectivity index (χ4v) is 2.87. The van der Waals surface area contributed by atoms with Gasteiger partial charge in [0.2, 0.25) is 0 Å². The molecule has 0 saturated heterocycles. The van der Waals surface area contributed by atoms with E-state index >= 15 is 0 Å². The zero-order valence-electron chi connectivity index (χ0n) is 12.8. The highest BCUT2D eigenvalue weighted by Crippen LogP contribution is 2.55. The number of nitrogens with zero attached hydrogens (tertiary/aromatic N) is 1. The zero-order chi connectivity index (χ0) is 21.2. The second-order valence-electron chi connectivity index (χ2n) is 4.53. The van der Waals surface area contributed by atoms with Gasteiger partial charge in [0.1, 0.15) is 6.61 Å². The Bertz CT molecular complexity index is 630. The van der Waals surface area contributed by atoms with E-state index in [-0.39, 0.29) is 0 Å². The third kappa shape index (κ3) is 4.07. The Balaban J connectivity index is 5.84. The van der Waals surface area contributed by atoms with E-state index in [2.05, 4.69) is 11.3 Å². The van der Waals surface area contributed by atoms with Gasteiger partial charge in [0.05, 0.1) is 0 Å². The minimum atomic E-state index is -7.34. The molecule has 0 aliphatic carbocycles. The summed E-state index contributed by atoms with van der Waals surface area (Å²) in [4.78, 5) is 10.7. The van der Waals surface area contributed by atoms with Gasteiger partial charge in [-0.05, 0) is 0 Å². The highest BCUT2D eigenvalue weighted by atomic mass is 32.2. The van der Waals surface area contributed by atoms with Gasteiger partial charge in [-0.3, -0.25) is 0 Å². The van der Waals surface area contributed by atoms with Crippen molar-refractivity contribution in [1.29, 1.82) is 0 Å². The molecule has 5 nitrogen and oxygen atoms in total. The van der Waals surface area contributed by atoms with Crippen LogP contribution in [-0.4, -0.2) is 61.7 Å². The number of ether oxygens (including phenoxy) is 1. The smallest absolute Gasteiger partial charge is 0.460 e. The fourth-order valence-electron chi connectivity index (χ4n) is 1.44. The third-order valence-electron chi connectivity index (χ3n) is 2.88. The molecule has 154 valence electrons. The number of likely N-dealkylation sites (N-methyl/N-ethyl adjacent to an activating group) is 1. The first kappa shape index (κ1) is 24.5. The minimum Gasteiger partial charge on any atom is -0.461 e. The van der Waals surface area contributed by atoms with Crippen molar-refractivity contribution in [2.75, 3.05) is 19.7 Å². The van der Waals surface area contributed by atoms with E-state index in [0.717, 1.165) is 6.92 Å². The van der Waals surface area contributed by atoms with Gasteiger partial charge in [-0.1, -0.05) is 13.5 Å². The zero-order valence-corrected chi connectivity index (χ0v) is 13.6. The van der Waals surface area contributed by atoms with E-state index in [4.69, 9.17) is 0 Å². The maximum atomic E-state index is 13.6. The molecule has 0 aromatic rings. The van der Waals surface area contributed by atoms with Crippen LogP contribution >= 0.6 is 0 Å². The van der Waals surface area contributed by atoms with E-state index in [1.165, 1.54) is 0 Å². The van der Waals surface area contributed by atoms with Gasteiger partial charge in [0.25, 0.3) is 10.0 Å². The average Bonchev–Trinajstić information content (AvgIpc) is 2.49. The summed E-state index contributed by atoms with van der Waals surface area (Å²) in [5.41, 5.74) is 0. The highest BCUT2D eigenvalue weighted by Gasteiger charge is 2.85. The van der Waals surface area contributed by atoms with Crippen LogP contribution in [0.15, 0.2) is 12.7 Å². The van der Waals surface area contributed by atoms with E-state index in [1.807, 2.05) is 0 Å². The maximum absolute atomic E-state index is 13.6. The monoisotopic (exact) mass is 425 g/mol. The second kappa shape index (κ2) is 7.62. The second-order valence-corrected chi connectivity index (χ2v) is 6.51. The molecule has 0 heterocycles. The third-order valence-corrected chi connectivity index (χ3v) is 4.91. The van der Waals surface area contributed by atoms with Crippen molar-refractivity contribution in [2.24, 2.45) is 0 Å². The first-order valence-corrected chi connectivity index (χ1v) is 7.84. The summed E-state index contributed by atoms with van der Waals surface area (Å²) in [6.45, 7) is 0.542. The normalized spacial score (nSPS) is 14.4. The number of carbonyl (C=O) groups is 1. The lowest BCUT2D eigenvalue weighted by Crippen LogP contribution is -2.65. The standard InChI is InChI=1S/C11H12F9NO4S/c1-3-7(22)25-6-5-21(4-2)26(23,24)11(19,20)9(14,15)8(12,13)10(16,17)18/h3H,1,4-6H2,2H3. The van der Waals surface area contributed by atoms with Gasteiger partial charge in [-0.2, -0.15) is 43.8 Å². The van der Waals surface area contributed by atoms with Gasteiger partial charge in [-0.25, -0.2) is 13.2 Å². The summed E-state index contributed by atoms with van der Waals surface area (Å²) in [5, 5.41) is -6.82. The molecule has 0 aliphatic heterocycles. The molecule has 0 amide bonds. The van der Waals surface area contributed by atoms with Crippen molar-refractivity contribution < 1.29 is 57.5 Å². The number of sulfonamides is 1. The van der Waals surface area contributed by atoms with Gasteiger partial charge < -0.3 is 4.74 Å². The van der Waals surface area contributed by atoms with Crippen molar-refractivity contribution in [3.63, 3.8) is 0 Å². The Morgan fingerprint density at radius 3 is 1.85 bits per heavy atom. The van der Waals surface area contributed by atoms with Gasteiger partial charge in [-0.15, -0.1) is 0 Å². The van der Waals surface area contributed by atoms with Gasteiger partial charge in [0, 0.05) is 19.2 Å². The first-order chi connectivity index (χ1) is 11.4. The van der Waals surface area contributed by atoms with Crippen LogP contribution in [0, 0.1) is 0 Å². The summed E-state index contributed by atoms with van der Waals surface area (Å²) < 4.78 is 142. The van der Waals surface area contributed by atoms with Crippen LogP contribution in [0.2, 0.25) is 0 Å². The molecule has 0 aromatic heterocycles. The molecule has 0 unspecified atom stereocenters. The Morgan fingerprint density at radius 2 is 1.50 bits per heavy atom. The average molecular weight is 425 g/mol. The molecule has 26 heavy (non-hydrogen) atoms. The molecule has 15 heteroatoms. The van der Waals surface area contributed by atoms with Crippen LogP contribution in [0.3, 0.4) is 0 Å². The maximum Gasteiger partial charge on any atom is 0.460 e. The van der Waals surface area contributed by atoms with Crippen molar-refractivity contribution in [3.05, 3.63) is 12.7 Å². The summed E-state index contributed by atoms with van der Waals surface area (Å²) in [7, 11) is -6.70. The lowest BCUT2D eigenvalue weighted by Gasteiger charge is -2.35. The molecule has 0 rings (SSSR count). The van der Waals surface area contributed by atoms with E-state index < -0.39 is 63.3 Å². The Labute approximate surface area is 141 Å². The van der Waals surface area contributed by atoms with Crippen LogP contribution in [0.5, 0.6) is 0 Å². The largest absolute Gasteiger partial charge is 0.461 e. The van der Waals surface area contributed by atoms with Gasteiger partial charge in [0.15, 0.2) is 0 Å². The molecule has 0 atom stereocenters. The van der Waals surface area contributed by atoms with Gasteiger partial charge >= 0.3 is 29.2 Å². The topological polar surface area (TPSA) is 63.7 Å². The molecule has 0 N–H and O–H groups in total. The lowest BCUT2D eigenvalue weighted by molar-refractivity contribution is -0.382. The minimum absolute atomic E-state index is 0.524. The quantitative estimate of drug-likeness (QED) is 0.324. The van der Waals surface area contributed by atoms with Crippen molar-refractivity contribution in [1.82, 2.24) is 4.31 Å². The molecule has 0 radical (unpaired) electrons. The Morgan fingerprint density at radius 1 is 1.04 bits per heavy atom.